The molecule has 1 atom stereocenters. The number of aromatic nitrogens is 2. The summed E-state index contributed by atoms with van der Waals surface area (Å²) in [6.07, 6.45) is -6.33. The molecule has 2 aromatic rings. The van der Waals surface area contributed by atoms with Gasteiger partial charge in [-0.2, -0.15) is 5.10 Å². The second-order valence-electron chi connectivity index (χ2n) is 5.15. The Morgan fingerprint density at radius 2 is 1.80 bits per heavy atom. The minimum absolute atomic E-state index is 0.00414. The Kier molecular flexibility index (Phi) is 5.99. The summed E-state index contributed by atoms with van der Waals surface area (Å²) in [5.74, 6) is -1.18. The number of nitrogens with zero attached hydrogens (tertiary/aromatic N) is 2. The largest absolute Gasteiger partial charge is 0.350 e. The van der Waals surface area contributed by atoms with Crippen molar-refractivity contribution in [2.45, 2.75) is 32.4 Å². The zero-order valence-corrected chi connectivity index (χ0v) is 13.6. The van der Waals surface area contributed by atoms with Gasteiger partial charge in [-0.25, -0.2) is 26.6 Å². The summed E-state index contributed by atoms with van der Waals surface area (Å²) in [6, 6.07) is 3.97. The van der Waals surface area contributed by atoms with E-state index in [-0.39, 0.29) is 6.54 Å². The van der Waals surface area contributed by atoms with Crippen molar-refractivity contribution in [2.75, 3.05) is 0 Å². The molecule has 1 unspecified atom stereocenters. The van der Waals surface area contributed by atoms with E-state index in [0.29, 0.717) is 10.2 Å². The van der Waals surface area contributed by atoms with Crippen LogP contribution in [0.5, 0.6) is 0 Å². The normalized spacial score (nSPS) is 12.7. The monoisotopic (exact) mass is 381 g/mol. The number of carbonyl (C=O) groups is 1. The molecule has 4 nitrogen and oxygen atoms in total. The molecule has 1 amide bonds. The predicted octanol–water partition coefficient (Wildman–Crippen LogP) is 4.43. The van der Waals surface area contributed by atoms with Gasteiger partial charge in [0.25, 0.3) is 12.9 Å². The Morgan fingerprint density at radius 3 is 2.32 bits per heavy atom. The summed E-state index contributed by atoms with van der Waals surface area (Å²) in [7, 11) is 0. The van der Waals surface area contributed by atoms with Crippen molar-refractivity contribution >= 4 is 17.5 Å². The summed E-state index contributed by atoms with van der Waals surface area (Å²) in [4.78, 5) is 12.1. The first-order chi connectivity index (χ1) is 11.7. The smallest absolute Gasteiger partial charge is 0.283 e. The number of rotatable bonds is 6. The van der Waals surface area contributed by atoms with Crippen LogP contribution in [-0.2, 0) is 11.3 Å². The minimum Gasteiger partial charge on any atom is -0.350 e. The van der Waals surface area contributed by atoms with Crippen LogP contribution < -0.4 is 5.32 Å². The highest BCUT2D eigenvalue weighted by Crippen LogP contribution is 2.36. The quantitative estimate of drug-likeness (QED) is 0.752. The van der Waals surface area contributed by atoms with Gasteiger partial charge >= 0.3 is 0 Å². The molecular weight excluding hydrogens is 369 g/mol. The Balaban J connectivity index is 2.18. The first-order valence-electron chi connectivity index (χ1n) is 7.08. The number of hydrogen-bond acceptors (Lipinski definition) is 2. The lowest BCUT2D eigenvalue weighted by atomic mass is 10.2. The predicted molar refractivity (Wildman–Crippen MR) is 80.1 cm³/mol. The first kappa shape index (κ1) is 19.2. The van der Waals surface area contributed by atoms with Crippen LogP contribution in [0.4, 0.5) is 22.0 Å². The summed E-state index contributed by atoms with van der Waals surface area (Å²) < 4.78 is 65.2. The number of nitrogens with one attached hydrogen (secondary N) is 1. The lowest BCUT2D eigenvalue weighted by molar-refractivity contribution is -0.124. The van der Waals surface area contributed by atoms with Crippen molar-refractivity contribution in [3.63, 3.8) is 0 Å². The molecular formula is C15H13ClF5N3O. The second-order valence-corrected chi connectivity index (χ2v) is 5.53. The van der Waals surface area contributed by atoms with Gasteiger partial charge in [-0.05, 0) is 24.6 Å². The molecule has 0 bridgehead atoms. The number of amides is 1. The highest BCUT2D eigenvalue weighted by molar-refractivity contribution is 6.32. The third kappa shape index (κ3) is 4.28. The van der Waals surface area contributed by atoms with Gasteiger partial charge in [0.2, 0.25) is 5.91 Å². The van der Waals surface area contributed by atoms with Crippen molar-refractivity contribution in [3.05, 3.63) is 52.1 Å². The fourth-order valence-electron chi connectivity index (χ4n) is 2.13. The van der Waals surface area contributed by atoms with Crippen LogP contribution in [0, 0.1) is 5.82 Å². The summed E-state index contributed by atoms with van der Waals surface area (Å²) in [6.45, 7) is 1.23. The average molecular weight is 382 g/mol. The van der Waals surface area contributed by atoms with Crippen LogP contribution in [-0.4, -0.2) is 15.7 Å². The van der Waals surface area contributed by atoms with Crippen molar-refractivity contribution in [3.8, 4) is 0 Å². The number of carbonyl (C=O) groups excluding carboxylic acids is 1. The molecule has 1 heterocycles. The van der Waals surface area contributed by atoms with E-state index in [0.717, 1.165) is 0 Å². The molecule has 0 spiro atoms. The lowest BCUT2D eigenvalue weighted by Crippen LogP contribution is -2.32. The third-order valence-electron chi connectivity index (χ3n) is 3.45. The zero-order chi connectivity index (χ0) is 18.7. The highest BCUT2D eigenvalue weighted by atomic mass is 35.5. The number of alkyl halides is 4. The van der Waals surface area contributed by atoms with Crippen LogP contribution in [0.3, 0.4) is 0 Å². The second kappa shape index (κ2) is 7.81. The maximum Gasteiger partial charge on any atom is 0.283 e. The van der Waals surface area contributed by atoms with Crippen LogP contribution in [0.2, 0.25) is 5.02 Å². The molecule has 1 aromatic carbocycles. The molecule has 0 saturated carbocycles. The Morgan fingerprint density at radius 1 is 1.20 bits per heavy atom. The minimum atomic E-state index is -3.18. The maximum absolute atomic E-state index is 13.1. The summed E-state index contributed by atoms with van der Waals surface area (Å²) in [5.41, 5.74) is -1.38. The number of hydrogen-bond donors (Lipinski definition) is 1. The molecule has 10 heteroatoms. The van der Waals surface area contributed by atoms with Crippen LogP contribution in [0.15, 0.2) is 24.3 Å². The van der Waals surface area contributed by atoms with Gasteiger partial charge in [-0.15, -0.1) is 0 Å². The van der Waals surface area contributed by atoms with Crippen molar-refractivity contribution in [1.29, 1.82) is 0 Å². The molecule has 1 aromatic heterocycles. The highest BCUT2D eigenvalue weighted by Gasteiger charge is 2.31. The summed E-state index contributed by atoms with van der Waals surface area (Å²) >= 11 is 5.55. The van der Waals surface area contributed by atoms with Gasteiger partial charge in [0.1, 0.15) is 23.2 Å². The van der Waals surface area contributed by atoms with E-state index in [2.05, 4.69) is 10.4 Å². The maximum atomic E-state index is 13.1. The fraction of sp³-hybridized carbons (Fsp3) is 0.333. The van der Waals surface area contributed by atoms with Crippen molar-refractivity contribution in [1.82, 2.24) is 15.1 Å². The SMILES string of the molecule is CC(C(=O)NCc1ccc(F)cc1)n1nc(C(F)F)c(Cl)c1C(F)F. The Hall–Kier alpha value is -2.16. The molecule has 1 N–H and O–H groups in total. The van der Waals surface area contributed by atoms with Crippen LogP contribution in [0.25, 0.3) is 0 Å². The van der Waals surface area contributed by atoms with Crippen LogP contribution >= 0.6 is 11.6 Å². The van der Waals surface area contributed by atoms with Crippen LogP contribution in [0.1, 0.15) is 42.8 Å². The van der Waals surface area contributed by atoms with E-state index in [9.17, 15) is 26.7 Å². The Bertz CT molecular complexity index is 748. The average Bonchev–Trinajstić information content (AvgIpc) is 2.91. The van der Waals surface area contributed by atoms with Gasteiger partial charge in [0.05, 0.1) is 5.02 Å². The van der Waals surface area contributed by atoms with E-state index >= 15 is 0 Å². The Labute approximate surface area is 144 Å². The topological polar surface area (TPSA) is 46.9 Å². The van der Waals surface area contributed by atoms with Gasteiger partial charge in [0, 0.05) is 6.54 Å². The van der Waals surface area contributed by atoms with E-state index in [4.69, 9.17) is 11.6 Å². The fourth-order valence-corrected chi connectivity index (χ4v) is 2.42. The molecule has 0 aliphatic carbocycles. The van der Waals surface area contributed by atoms with Crippen molar-refractivity contribution < 1.29 is 26.7 Å². The molecule has 0 saturated heterocycles. The molecule has 0 fully saturated rings. The van der Waals surface area contributed by atoms with E-state index in [1.54, 1.807) is 0 Å². The first-order valence-corrected chi connectivity index (χ1v) is 7.46. The van der Waals surface area contributed by atoms with E-state index < -0.39 is 47.0 Å². The number of benzene rings is 1. The molecule has 0 radical (unpaired) electrons. The molecule has 2 rings (SSSR count). The van der Waals surface area contributed by atoms with Gasteiger partial charge in [0.15, 0.2) is 0 Å². The lowest BCUT2D eigenvalue weighted by Gasteiger charge is -2.15. The summed E-state index contributed by atoms with van der Waals surface area (Å²) in [5, 5.41) is 4.95. The zero-order valence-electron chi connectivity index (χ0n) is 12.8. The van der Waals surface area contributed by atoms with Gasteiger partial charge < -0.3 is 5.32 Å². The molecule has 0 aliphatic rings. The molecule has 25 heavy (non-hydrogen) atoms. The van der Waals surface area contributed by atoms with E-state index in [1.807, 2.05) is 0 Å². The third-order valence-corrected chi connectivity index (χ3v) is 3.84. The van der Waals surface area contributed by atoms with Gasteiger partial charge in [-0.3, -0.25) is 4.79 Å². The van der Waals surface area contributed by atoms with Crippen molar-refractivity contribution in [2.24, 2.45) is 0 Å². The number of halogens is 6. The standard InChI is InChI=1S/C15H13ClF5N3O/c1-7(15(25)22-6-8-2-4-9(17)5-3-8)24-12(14(20)21)10(16)11(23-24)13(18)19/h2-5,7,13-14H,6H2,1H3,(H,22,25). The van der Waals surface area contributed by atoms with E-state index in [1.165, 1.54) is 31.2 Å². The molecule has 0 aliphatic heterocycles. The molecule has 136 valence electrons. The van der Waals surface area contributed by atoms with Gasteiger partial charge in [-0.1, -0.05) is 23.7 Å².